The van der Waals surface area contributed by atoms with Crippen molar-refractivity contribution >= 4 is 10.0 Å². The first-order valence-electron chi connectivity index (χ1n) is 6.77. The van der Waals surface area contributed by atoms with Crippen LogP contribution in [-0.2, 0) is 10.0 Å². The maximum absolute atomic E-state index is 12.2. The molecule has 0 aliphatic heterocycles. The normalized spacial score (nSPS) is 17.6. The van der Waals surface area contributed by atoms with Gasteiger partial charge in [0.15, 0.2) is 0 Å². The van der Waals surface area contributed by atoms with E-state index in [-0.39, 0.29) is 18.3 Å². The number of hydrogen-bond acceptors (Lipinski definition) is 3. The molecule has 2 rings (SSSR count). The highest BCUT2D eigenvalue weighted by molar-refractivity contribution is 7.89. The molecule has 106 valence electrons. The molecule has 1 aromatic rings. The van der Waals surface area contributed by atoms with Crippen molar-refractivity contribution in [3.63, 3.8) is 0 Å². The third kappa shape index (κ3) is 3.78. The Balaban J connectivity index is 2.09. The zero-order valence-electron chi connectivity index (χ0n) is 11.2. The Morgan fingerprint density at radius 2 is 1.95 bits per heavy atom. The standard InChI is InChI=1S/C14H21NO3S/c1-2-10-19(17,18)15(13-8-9-13)11-14(16)12-6-4-3-5-7-12/h3-7,13-14,16H,2,8-11H2,1H3. The molecule has 1 unspecified atom stereocenters. The van der Waals surface area contributed by atoms with Crippen LogP contribution in [0.25, 0.3) is 0 Å². The monoisotopic (exact) mass is 283 g/mol. The number of aliphatic hydroxyl groups is 1. The number of nitrogens with zero attached hydrogens (tertiary/aromatic N) is 1. The summed E-state index contributed by atoms with van der Waals surface area (Å²) in [6, 6.07) is 9.31. The molecule has 0 amide bonds. The van der Waals surface area contributed by atoms with Gasteiger partial charge in [-0.1, -0.05) is 37.3 Å². The summed E-state index contributed by atoms with van der Waals surface area (Å²) in [7, 11) is -3.24. The second kappa shape index (κ2) is 6.03. The van der Waals surface area contributed by atoms with E-state index in [9.17, 15) is 13.5 Å². The zero-order chi connectivity index (χ0) is 13.9. The van der Waals surface area contributed by atoms with Gasteiger partial charge in [-0.05, 0) is 24.8 Å². The van der Waals surface area contributed by atoms with Gasteiger partial charge in [-0.3, -0.25) is 0 Å². The fourth-order valence-electron chi connectivity index (χ4n) is 2.18. The van der Waals surface area contributed by atoms with Crippen LogP contribution in [0.4, 0.5) is 0 Å². The average molecular weight is 283 g/mol. The molecule has 0 bridgehead atoms. The maximum Gasteiger partial charge on any atom is 0.214 e. The topological polar surface area (TPSA) is 57.6 Å². The minimum atomic E-state index is -3.24. The number of aliphatic hydroxyl groups excluding tert-OH is 1. The van der Waals surface area contributed by atoms with Gasteiger partial charge in [0, 0.05) is 12.6 Å². The van der Waals surface area contributed by atoms with E-state index in [0.717, 1.165) is 18.4 Å². The summed E-state index contributed by atoms with van der Waals surface area (Å²) >= 11 is 0. The fraction of sp³-hybridized carbons (Fsp3) is 0.571. The second-order valence-electron chi connectivity index (χ2n) is 5.04. The summed E-state index contributed by atoms with van der Waals surface area (Å²) in [6.07, 6.45) is 1.66. The van der Waals surface area contributed by atoms with Crippen molar-refractivity contribution in [2.24, 2.45) is 0 Å². The summed E-state index contributed by atoms with van der Waals surface area (Å²) in [6.45, 7) is 2.02. The molecule has 1 N–H and O–H groups in total. The van der Waals surface area contributed by atoms with Gasteiger partial charge in [0.2, 0.25) is 10.0 Å². The van der Waals surface area contributed by atoms with Gasteiger partial charge in [0.05, 0.1) is 11.9 Å². The smallest absolute Gasteiger partial charge is 0.214 e. The van der Waals surface area contributed by atoms with Crippen molar-refractivity contribution in [3.05, 3.63) is 35.9 Å². The molecule has 1 aromatic carbocycles. The third-order valence-electron chi connectivity index (χ3n) is 3.31. The molecule has 4 nitrogen and oxygen atoms in total. The third-order valence-corrected chi connectivity index (χ3v) is 5.40. The van der Waals surface area contributed by atoms with Crippen molar-refractivity contribution in [1.82, 2.24) is 4.31 Å². The first-order chi connectivity index (χ1) is 9.04. The molecular formula is C14H21NO3S. The van der Waals surface area contributed by atoms with Crippen LogP contribution in [0.5, 0.6) is 0 Å². The summed E-state index contributed by atoms with van der Waals surface area (Å²) in [5.74, 6) is 0.158. The molecule has 0 aromatic heterocycles. The van der Waals surface area contributed by atoms with E-state index in [4.69, 9.17) is 0 Å². The lowest BCUT2D eigenvalue weighted by Gasteiger charge is -2.24. The molecule has 0 saturated heterocycles. The highest BCUT2D eigenvalue weighted by Gasteiger charge is 2.37. The molecule has 0 heterocycles. The Kier molecular flexibility index (Phi) is 4.60. The molecule has 1 aliphatic carbocycles. The highest BCUT2D eigenvalue weighted by Crippen LogP contribution is 2.31. The zero-order valence-corrected chi connectivity index (χ0v) is 12.0. The molecule has 5 heteroatoms. The molecule has 1 atom stereocenters. The van der Waals surface area contributed by atoms with Crippen LogP contribution < -0.4 is 0 Å². The lowest BCUT2D eigenvalue weighted by atomic mass is 10.1. The van der Waals surface area contributed by atoms with E-state index >= 15 is 0 Å². The summed E-state index contributed by atoms with van der Waals surface area (Å²) in [5.41, 5.74) is 0.764. The van der Waals surface area contributed by atoms with Crippen LogP contribution in [0.1, 0.15) is 37.9 Å². The Bertz CT molecular complexity index is 497. The van der Waals surface area contributed by atoms with Gasteiger partial charge in [0.25, 0.3) is 0 Å². The molecule has 19 heavy (non-hydrogen) atoms. The largest absolute Gasteiger partial charge is 0.387 e. The number of hydrogen-bond donors (Lipinski definition) is 1. The molecule has 1 fully saturated rings. The van der Waals surface area contributed by atoms with Gasteiger partial charge in [-0.15, -0.1) is 0 Å². The number of benzene rings is 1. The first-order valence-corrected chi connectivity index (χ1v) is 8.38. The van der Waals surface area contributed by atoms with Gasteiger partial charge in [-0.25, -0.2) is 8.42 Å². The van der Waals surface area contributed by atoms with Crippen LogP contribution in [-0.4, -0.2) is 36.2 Å². The Morgan fingerprint density at radius 3 is 2.47 bits per heavy atom. The molecule has 0 radical (unpaired) electrons. The minimum Gasteiger partial charge on any atom is -0.387 e. The predicted octanol–water partition coefficient (Wildman–Crippen LogP) is 1.92. The first kappa shape index (κ1) is 14.5. The van der Waals surface area contributed by atoms with E-state index in [0.29, 0.717) is 6.42 Å². The Morgan fingerprint density at radius 1 is 1.32 bits per heavy atom. The van der Waals surface area contributed by atoms with Gasteiger partial charge < -0.3 is 5.11 Å². The van der Waals surface area contributed by atoms with Gasteiger partial charge in [0.1, 0.15) is 0 Å². The summed E-state index contributed by atoms with van der Waals surface area (Å²) < 4.78 is 25.9. The molecule has 1 saturated carbocycles. The second-order valence-corrected chi connectivity index (χ2v) is 7.08. The lowest BCUT2D eigenvalue weighted by molar-refractivity contribution is 0.145. The molecule has 1 aliphatic rings. The SMILES string of the molecule is CCCS(=O)(=O)N(CC(O)c1ccccc1)C1CC1. The predicted molar refractivity (Wildman–Crippen MR) is 75.2 cm³/mol. The van der Waals surface area contributed by atoms with E-state index in [1.54, 1.807) is 0 Å². The van der Waals surface area contributed by atoms with Crippen LogP contribution in [0.2, 0.25) is 0 Å². The average Bonchev–Trinajstić information content (AvgIpc) is 3.20. The van der Waals surface area contributed by atoms with E-state index in [1.807, 2.05) is 37.3 Å². The quantitative estimate of drug-likeness (QED) is 0.832. The minimum absolute atomic E-state index is 0.0925. The van der Waals surface area contributed by atoms with Crippen molar-refractivity contribution in [1.29, 1.82) is 0 Å². The number of rotatable bonds is 7. The summed E-state index contributed by atoms with van der Waals surface area (Å²) in [5, 5.41) is 10.2. The van der Waals surface area contributed by atoms with Crippen molar-refractivity contribution in [3.8, 4) is 0 Å². The summed E-state index contributed by atoms with van der Waals surface area (Å²) in [4.78, 5) is 0. The Hall–Kier alpha value is -0.910. The van der Waals surface area contributed by atoms with Crippen molar-refractivity contribution < 1.29 is 13.5 Å². The number of sulfonamides is 1. The Labute approximate surface area is 115 Å². The van der Waals surface area contributed by atoms with Crippen LogP contribution in [0.3, 0.4) is 0 Å². The van der Waals surface area contributed by atoms with Gasteiger partial charge in [-0.2, -0.15) is 4.31 Å². The van der Waals surface area contributed by atoms with E-state index < -0.39 is 16.1 Å². The van der Waals surface area contributed by atoms with Crippen LogP contribution in [0, 0.1) is 0 Å². The molecule has 0 spiro atoms. The van der Waals surface area contributed by atoms with Gasteiger partial charge >= 0.3 is 0 Å². The van der Waals surface area contributed by atoms with E-state index in [1.165, 1.54) is 4.31 Å². The highest BCUT2D eigenvalue weighted by atomic mass is 32.2. The lowest BCUT2D eigenvalue weighted by Crippen LogP contribution is -2.38. The van der Waals surface area contributed by atoms with Crippen LogP contribution in [0.15, 0.2) is 30.3 Å². The van der Waals surface area contributed by atoms with Crippen molar-refractivity contribution in [2.75, 3.05) is 12.3 Å². The van der Waals surface area contributed by atoms with Crippen LogP contribution >= 0.6 is 0 Å². The fourth-order valence-corrected chi connectivity index (χ4v) is 3.96. The maximum atomic E-state index is 12.2. The molecular weight excluding hydrogens is 262 g/mol. The van der Waals surface area contributed by atoms with Crippen molar-refractivity contribution in [2.45, 2.75) is 38.3 Å². The van der Waals surface area contributed by atoms with E-state index in [2.05, 4.69) is 0 Å².